The smallest absolute Gasteiger partial charge is 0.142 e. The number of hydrogen-bond acceptors (Lipinski definition) is 4. The molecule has 2 atom stereocenters. The van der Waals surface area contributed by atoms with Gasteiger partial charge in [-0.1, -0.05) is 24.3 Å². The van der Waals surface area contributed by atoms with Gasteiger partial charge in [0.05, 0.1) is 19.8 Å². The Morgan fingerprint density at radius 3 is 2.95 bits per heavy atom. The number of fused-ring (bicyclic) bond motifs is 1. The number of hydrogen-bond donors (Lipinski definition) is 1. The maximum absolute atomic E-state index is 6.05. The van der Waals surface area contributed by atoms with Gasteiger partial charge in [0.2, 0.25) is 0 Å². The fraction of sp³-hybridized carbons (Fsp3) is 0.353. The second-order valence-electron chi connectivity index (χ2n) is 5.10. The summed E-state index contributed by atoms with van der Waals surface area (Å²) >= 11 is 0. The Morgan fingerprint density at radius 2 is 2.14 bits per heavy atom. The molecular weight excluding hydrogens is 264 g/mol. The van der Waals surface area contributed by atoms with Crippen LogP contribution in [0.25, 0.3) is 0 Å². The largest absolute Gasteiger partial charge is 0.495 e. The van der Waals surface area contributed by atoms with Crippen LogP contribution in [0, 0.1) is 0 Å². The van der Waals surface area contributed by atoms with Gasteiger partial charge < -0.3 is 14.8 Å². The lowest BCUT2D eigenvalue weighted by molar-refractivity contribution is 0.0150. The van der Waals surface area contributed by atoms with Crippen molar-refractivity contribution in [3.05, 3.63) is 59.4 Å². The Bertz CT molecular complexity index is 615. The number of rotatable bonds is 4. The van der Waals surface area contributed by atoms with Crippen molar-refractivity contribution in [3.8, 4) is 5.75 Å². The Labute approximate surface area is 125 Å². The zero-order valence-corrected chi connectivity index (χ0v) is 12.4. The van der Waals surface area contributed by atoms with Crippen LogP contribution < -0.4 is 10.1 Å². The van der Waals surface area contributed by atoms with Crippen molar-refractivity contribution in [2.24, 2.45) is 0 Å². The standard InChI is InChI=1S/C17H20N2O2/c1-18-16(15-14(20-2)8-5-10-19-15)17-13-7-4-3-6-12(13)9-11-21-17/h3-8,10,16-18H,9,11H2,1-2H3. The molecule has 0 saturated heterocycles. The highest BCUT2D eigenvalue weighted by atomic mass is 16.5. The van der Waals surface area contributed by atoms with Crippen LogP contribution in [0.15, 0.2) is 42.6 Å². The summed E-state index contributed by atoms with van der Waals surface area (Å²) < 4.78 is 11.5. The molecule has 21 heavy (non-hydrogen) atoms. The SMILES string of the molecule is CNC(c1ncccc1OC)C1OCCc2ccccc21. The number of nitrogens with one attached hydrogen (secondary N) is 1. The molecule has 1 aromatic carbocycles. The minimum atomic E-state index is -0.0521. The number of pyridine rings is 1. The number of aromatic nitrogens is 1. The predicted molar refractivity (Wildman–Crippen MR) is 81.4 cm³/mol. The highest BCUT2D eigenvalue weighted by Crippen LogP contribution is 2.38. The number of likely N-dealkylation sites (N-methyl/N-ethyl adjacent to an activating group) is 1. The number of ether oxygens (including phenoxy) is 2. The molecule has 0 fully saturated rings. The molecule has 0 amide bonds. The molecule has 110 valence electrons. The van der Waals surface area contributed by atoms with Gasteiger partial charge in [0.25, 0.3) is 0 Å². The molecule has 3 rings (SSSR count). The third-order valence-electron chi connectivity index (χ3n) is 3.96. The molecule has 0 saturated carbocycles. The first-order valence-electron chi connectivity index (χ1n) is 7.20. The molecule has 2 aromatic rings. The summed E-state index contributed by atoms with van der Waals surface area (Å²) in [6, 6.07) is 12.2. The van der Waals surface area contributed by atoms with Gasteiger partial charge in [-0.15, -0.1) is 0 Å². The van der Waals surface area contributed by atoms with Crippen LogP contribution in [0.2, 0.25) is 0 Å². The Morgan fingerprint density at radius 1 is 1.29 bits per heavy atom. The van der Waals surface area contributed by atoms with Gasteiger partial charge in [-0.25, -0.2) is 0 Å². The van der Waals surface area contributed by atoms with Crippen LogP contribution in [0.3, 0.4) is 0 Å². The van der Waals surface area contributed by atoms with Gasteiger partial charge in [-0.2, -0.15) is 0 Å². The average molecular weight is 284 g/mol. The molecule has 0 spiro atoms. The monoisotopic (exact) mass is 284 g/mol. The van der Waals surface area contributed by atoms with Gasteiger partial charge in [0.1, 0.15) is 17.5 Å². The van der Waals surface area contributed by atoms with Crippen molar-refractivity contribution < 1.29 is 9.47 Å². The highest BCUT2D eigenvalue weighted by Gasteiger charge is 2.31. The average Bonchev–Trinajstić information content (AvgIpc) is 2.56. The molecule has 4 nitrogen and oxygen atoms in total. The van der Waals surface area contributed by atoms with Gasteiger partial charge in [-0.3, -0.25) is 4.98 Å². The van der Waals surface area contributed by atoms with E-state index in [9.17, 15) is 0 Å². The molecule has 2 unspecified atom stereocenters. The third-order valence-corrected chi connectivity index (χ3v) is 3.96. The van der Waals surface area contributed by atoms with Crippen LogP contribution >= 0.6 is 0 Å². The lowest BCUT2D eigenvalue weighted by atomic mass is 9.91. The van der Waals surface area contributed by atoms with Crippen LogP contribution in [0.5, 0.6) is 5.75 Å². The topological polar surface area (TPSA) is 43.4 Å². The van der Waals surface area contributed by atoms with Crippen LogP contribution in [-0.4, -0.2) is 25.7 Å². The molecule has 2 heterocycles. The first-order chi connectivity index (χ1) is 10.3. The molecule has 1 aliphatic heterocycles. The van der Waals surface area contributed by atoms with E-state index in [0.29, 0.717) is 0 Å². The first-order valence-corrected chi connectivity index (χ1v) is 7.20. The third kappa shape index (κ3) is 2.64. The summed E-state index contributed by atoms with van der Waals surface area (Å²) in [4.78, 5) is 4.50. The number of benzene rings is 1. The first kappa shape index (κ1) is 14.0. The summed E-state index contributed by atoms with van der Waals surface area (Å²) in [6.45, 7) is 0.731. The van der Waals surface area contributed by atoms with Crippen LogP contribution in [-0.2, 0) is 11.2 Å². The number of nitrogens with zero attached hydrogens (tertiary/aromatic N) is 1. The molecule has 0 radical (unpaired) electrons. The number of methoxy groups -OCH3 is 1. The van der Waals surface area contributed by atoms with Crippen LogP contribution in [0.4, 0.5) is 0 Å². The summed E-state index contributed by atoms with van der Waals surface area (Å²) in [7, 11) is 3.60. The Balaban J connectivity index is 2.01. The molecular formula is C17H20N2O2. The summed E-state index contributed by atoms with van der Waals surface area (Å²) in [5.41, 5.74) is 3.46. The van der Waals surface area contributed by atoms with Gasteiger partial charge in [-0.05, 0) is 36.7 Å². The van der Waals surface area contributed by atoms with Crippen molar-refractivity contribution in [3.63, 3.8) is 0 Å². The van der Waals surface area contributed by atoms with Crippen molar-refractivity contribution in [1.29, 1.82) is 0 Å². The van der Waals surface area contributed by atoms with Gasteiger partial charge in [0, 0.05) is 6.20 Å². The highest BCUT2D eigenvalue weighted by molar-refractivity contribution is 5.36. The quantitative estimate of drug-likeness (QED) is 0.937. The fourth-order valence-corrected chi connectivity index (χ4v) is 2.94. The van der Waals surface area contributed by atoms with Crippen LogP contribution in [0.1, 0.15) is 29.0 Å². The van der Waals surface area contributed by atoms with E-state index in [1.54, 1.807) is 13.3 Å². The summed E-state index contributed by atoms with van der Waals surface area (Å²) in [6.07, 6.45) is 2.70. The minimum Gasteiger partial charge on any atom is -0.495 e. The van der Waals surface area contributed by atoms with E-state index in [1.807, 2.05) is 19.2 Å². The molecule has 1 aliphatic rings. The maximum Gasteiger partial charge on any atom is 0.142 e. The molecule has 1 aromatic heterocycles. The van der Waals surface area contributed by atoms with Crippen molar-refractivity contribution in [2.45, 2.75) is 18.6 Å². The molecule has 0 aliphatic carbocycles. The zero-order chi connectivity index (χ0) is 14.7. The van der Waals surface area contributed by atoms with Crippen molar-refractivity contribution in [2.75, 3.05) is 20.8 Å². The second kappa shape index (κ2) is 6.24. The van der Waals surface area contributed by atoms with E-state index in [1.165, 1.54) is 11.1 Å². The minimum absolute atomic E-state index is 0.0393. The Hall–Kier alpha value is -1.91. The normalized spacial score (nSPS) is 18.9. The lowest BCUT2D eigenvalue weighted by Crippen LogP contribution is -2.30. The van der Waals surface area contributed by atoms with E-state index < -0.39 is 0 Å². The summed E-state index contributed by atoms with van der Waals surface area (Å²) in [5.74, 6) is 0.781. The van der Waals surface area contributed by atoms with E-state index in [0.717, 1.165) is 24.5 Å². The van der Waals surface area contributed by atoms with E-state index >= 15 is 0 Å². The van der Waals surface area contributed by atoms with Gasteiger partial charge in [0.15, 0.2) is 0 Å². The molecule has 1 N–H and O–H groups in total. The Kier molecular flexibility index (Phi) is 4.18. The molecule has 4 heteroatoms. The zero-order valence-electron chi connectivity index (χ0n) is 12.4. The van der Waals surface area contributed by atoms with Crippen molar-refractivity contribution >= 4 is 0 Å². The van der Waals surface area contributed by atoms with E-state index in [-0.39, 0.29) is 12.1 Å². The van der Waals surface area contributed by atoms with Gasteiger partial charge >= 0.3 is 0 Å². The van der Waals surface area contributed by atoms with E-state index in [2.05, 4.69) is 34.6 Å². The van der Waals surface area contributed by atoms with E-state index in [4.69, 9.17) is 9.47 Å². The lowest BCUT2D eigenvalue weighted by Gasteiger charge is -2.32. The fourth-order valence-electron chi connectivity index (χ4n) is 2.94. The second-order valence-corrected chi connectivity index (χ2v) is 5.10. The predicted octanol–water partition coefficient (Wildman–Crippen LogP) is 2.66. The summed E-state index contributed by atoms with van der Waals surface area (Å²) in [5, 5.41) is 3.34. The molecule has 0 bridgehead atoms. The maximum atomic E-state index is 6.05. The van der Waals surface area contributed by atoms with Crippen molar-refractivity contribution in [1.82, 2.24) is 10.3 Å².